The second-order valence-corrected chi connectivity index (χ2v) is 7.89. The van der Waals surface area contributed by atoms with Crippen molar-refractivity contribution in [3.05, 3.63) is 88.5 Å². The molecule has 1 amide bonds. The SMILES string of the molecule is COc1cc(C)c(/C(O)=C2\C(=O)C(=O)N(c3ccccc3O)C2c2ccc(O)cc2)cc1C. The molecule has 0 aromatic heterocycles. The predicted molar refractivity (Wildman–Crippen MR) is 123 cm³/mol. The molecule has 3 aromatic rings. The van der Waals surface area contributed by atoms with E-state index in [9.17, 15) is 24.9 Å². The number of anilines is 1. The van der Waals surface area contributed by atoms with E-state index in [0.29, 0.717) is 22.4 Å². The van der Waals surface area contributed by atoms with E-state index >= 15 is 0 Å². The maximum atomic E-state index is 13.2. The van der Waals surface area contributed by atoms with Crippen LogP contribution in [0.1, 0.15) is 28.3 Å². The Morgan fingerprint density at radius 1 is 0.939 bits per heavy atom. The molecule has 1 atom stereocenters. The highest BCUT2D eigenvalue weighted by Gasteiger charge is 2.47. The predicted octanol–water partition coefficient (Wildman–Crippen LogP) is 4.35. The minimum Gasteiger partial charge on any atom is -0.508 e. The van der Waals surface area contributed by atoms with Crippen LogP contribution in [0.5, 0.6) is 17.2 Å². The molecule has 0 radical (unpaired) electrons. The van der Waals surface area contributed by atoms with Crippen LogP contribution in [0.4, 0.5) is 5.69 Å². The van der Waals surface area contributed by atoms with Crippen molar-refractivity contribution in [2.75, 3.05) is 12.0 Å². The number of Topliss-reactive ketones (excluding diaryl/α,β-unsaturated/α-hetero) is 1. The summed E-state index contributed by atoms with van der Waals surface area (Å²) in [5.41, 5.74) is 2.32. The average molecular weight is 445 g/mol. The highest BCUT2D eigenvalue weighted by atomic mass is 16.5. The molecular formula is C26H23NO6. The lowest BCUT2D eigenvalue weighted by atomic mass is 9.93. The van der Waals surface area contributed by atoms with Crippen LogP contribution in [-0.4, -0.2) is 34.1 Å². The molecule has 4 rings (SSSR count). The molecule has 1 aliphatic heterocycles. The minimum absolute atomic E-state index is 0.0138. The van der Waals surface area contributed by atoms with E-state index in [-0.39, 0.29) is 28.5 Å². The van der Waals surface area contributed by atoms with Gasteiger partial charge < -0.3 is 20.1 Å². The smallest absolute Gasteiger partial charge is 0.300 e. The zero-order chi connectivity index (χ0) is 23.9. The largest absolute Gasteiger partial charge is 0.508 e. The van der Waals surface area contributed by atoms with Gasteiger partial charge in [0.15, 0.2) is 0 Å². The topological polar surface area (TPSA) is 107 Å². The van der Waals surface area contributed by atoms with Crippen molar-refractivity contribution >= 4 is 23.1 Å². The number of rotatable bonds is 4. The molecule has 3 N–H and O–H groups in total. The lowest BCUT2D eigenvalue weighted by Gasteiger charge is -2.26. The zero-order valence-electron chi connectivity index (χ0n) is 18.4. The Morgan fingerprint density at radius 2 is 1.61 bits per heavy atom. The Labute approximate surface area is 190 Å². The summed E-state index contributed by atoms with van der Waals surface area (Å²) in [6, 6.07) is 14.6. The van der Waals surface area contributed by atoms with Crippen molar-refractivity contribution in [2.24, 2.45) is 0 Å². The molecule has 0 bridgehead atoms. The van der Waals surface area contributed by atoms with Crippen LogP contribution in [0.3, 0.4) is 0 Å². The van der Waals surface area contributed by atoms with E-state index in [2.05, 4.69) is 0 Å². The van der Waals surface area contributed by atoms with Gasteiger partial charge in [-0.05, 0) is 66.9 Å². The summed E-state index contributed by atoms with van der Waals surface area (Å²) in [6.07, 6.45) is 0. The van der Waals surface area contributed by atoms with Crippen molar-refractivity contribution in [1.82, 2.24) is 0 Å². The van der Waals surface area contributed by atoms with Gasteiger partial charge in [0.05, 0.1) is 24.4 Å². The fourth-order valence-electron chi connectivity index (χ4n) is 4.13. The van der Waals surface area contributed by atoms with Crippen molar-refractivity contribution in [3.63, 3.8) is 0 Å². The molecule has 1 fully saturated rings. The van der Waals surface area contributed by atoms with Crippen LogP contribution in [0.25, 0.3) is 5.76 Å². The van der Waals surface area contributed by atoms with Crippen LogP contribution in [0, 0.1) is 13.8 Å². The number of benzene rings is 3. The summed E-state index contributed by atoms with van der Waals surface area (Å²) in [5.74, 6) is -1.61. The molecule has 7 nitrogen and oxygen atoms in total. The van der Waals surface area contributed by atoms with Gasteiger partial charge in [-0.1, -0.05) is 24.3 Å². The third kappa shape index (κ3) is 3.67. The second-order valence-electron chi connectivity index (χ2n) is 7.89. The van der Waals surface area contributed by atoms with Gasteiger partial charge in [0.2, 0.25) is 0 Å². The molecule has 3 aromatic carbocycles. The standard InChI is InChI=1S/C26H23NO6/c1-14-13-21(33-3)15(2)12-18(14)24(30)22-23(16-8-10-17(28)11-9-16)27(26(32)25(22)31)19-6-4-5-7-20(19)29/h4-13,23,28-30H,1-3H3/b24-22+. The van der Waals surface area contributed by atoms with Crippen molar-refractivity contribution in [2.45, 2.75) is 19.9 Å². The fraction of sp³-hybridized carbons (Fsp3) is 0.154. The summed E-state index contributed by atoms with van der Waals surface area (Å²) in [7, 11) is 1.55. The highest BCUT2D eigenvalue weighted by Crippen LogP contribution is 2.45. The maximum absolute atomic E-state index is 13.2. The first-order valence-corrected chi connectivity index (χ1v) is 10.3. The number of amides is 1. The number of aromatic hydroxyl groups is 2. The molecule has 0 spiro atoms. The van der Waals surface area contributed by atoms with Crippen molar-refractivity contribution in [3.8, 4) is 17.2 Å². The van der Waals surface area contributed by atoms with Crippen molar-refractivity contribution < 1.29 is 29.6 Å². The Kier molecular flexibility index (Phi) is 5.55. The fourth-order valence-corrected chi connectivity index (χ4v) is 4.13. The van der Waals surface area contributed by atoms with Gasteiger partial charge >= 0.3 is 0 Å². The van der Waals surface area contributed by atoms with E-state index in [4.69, 9.17) is 4.74 Å². The molecule has 1 heterocycles. The van der Waals surface area contributed by atoms with Gasteiger partial charge in [0, 0.05) is 5.56 Å². The van der Waals surface area contributed by atoms with Gasteiger partial charge in [-0.2, -0.15) is 0 Å². The first kappa shape index (κ1) is 22.0. The number of ketones is 1. The number of phenols is 2. The number of para-hydroxylation sites is 2. The van der Waals surface area contributed by atoms with Gasteiger partial charge in [-0.15, -0.1) is 0 Å². The number of hydrogen-bond acceptors (Lipinski definition) is 6. The minimum atomic E-state index is -1.01. The van der Waals surface area contributed by atoms with E-state index in [1.807, 2.05) is 6.92 Å². The number of aliphatic hydroxyl groups excluding tert-OH is 1. The highest BCUT2D eigenvalue weighted by molar-refractivity contribution is 6.52. The summed E-state index contributed by atoms with van der Waals surface area (Å²) >= 11 is 0. The van der Waals surface area contributed by atoms with E-state index < -0.39 is 17.7 Å². The van der Waals surface area contributed by atoms with Crippen LogP contribution in [0.2, 0.25) is 0 Å². The molecule has 1 aliphatic rings. The van der Waals surface area contributed by atoms with Crippen LogP contribution >= 0.6 is 0 Å². The Balaban J connectivity index is 1.99. The van der Waals surface area contributed by atoms with Crippen LogP contribution in [0.15, 0.2) is 66.2 Å². The van der Waals surface area contributed by atoms with Crippen molar-refractivity contribution in [1.29, 1.82) is 0 Å². The molecule has 0 saturated carbocycles. The van der Waals surface area contributed by atoms with Gasteiger partial charge in [0.25, 0.3) is 11.7 Å². The number of nitrogens with zero attached hydrogens (tertiary/aromatic N) is 1. The van der Waals surface area contributed by atoms with Gasteiger partial charge in [0.1, 0.15) is 23.0 Å². The molecule has 168 valence electrons. The van der Waals surface area contributed by atoms with Gasteiger partial charge in [-0.25, -0.2) is 0 Å². The zero-order valence-corrected chi connectivity index (χ0v) is 18.4. The Hall–Kier alpha value is -4.26. The first-order chi connectivity index (χ1) is 15.7. The quantitative estimate of drug-likeness (QED) is 0.313. The summed E-state index contributed by atoms with van der Waals surface area (Å²) < 4.78 is 5.34. The van der Waals surface area contributed by atoms with E-state index in [1.54, 1.807) is 50.4 Å². The molecule has 1 saturated heterocycles. The van der Waals surface area contributed by atoms with Crippen LogP contribution in [-0.2, 0) is 9.59 Å². The lowest BCUT2D eigenvalue weighted by molar-refractivity contribution is -0.132. The number of carbonyl (C=O) groups excluding carboxylic acids is 2. The van der Waals surface area contributed by atoms with E-state index in [0.717, 1.165) is 5.56 Å². The number of hydrogen-bond donors (Lipinski definition) is 3. The van der Waals surface area contributed by atoms with E-state index in [1.165, 1.54) is 29.2 Å². The number of aliphatic hydroxyl groups is 1. The molecule has 7 heteroatoms. The number of phenolic OH excluding ortho intramolecular Hbond substituents is 2. The lowest BCUT2D eigenvalue weighted by Crippen LogP contribution is -2.29. The second kappa shape index (κ2) is 8.35. The third-order valence-corrected chi connectivity index (χ3v) is 5.79. The normalized spacial score (nSPS) is 17.4. The van der Waals surface area contributed by atoms with Crippen LogP contribution < -0.4 is 9.64 Å². The molecular weight excluding hydrogens is 422 g/mol. The molecule has 0 aliphatic carbocycles. The summed E-state index contributed by atoms with van der Waals surface area (Å²) in [5, 5.41) is 31.5. The molecule has 33 heavy (non-hydrogen) atoms. The van der Waals surface area contributed by atoms with Gasteiger partial charge in [-0.3, -0.25) is 14.5 Å². The third-order valence-electron chi connectivity index (χ3n) is 5.79. The maximum Gasteiger partial charge on any atom is 0.300 e. The monoisotopic (exact) mass is 445 g/mol. The summed E-state index contributed by atoms with van der Waals surface area (Å²) in [6.45, 7) is 3.58. The Bertz CT molecular complexity index is 1290. The number of ether oxygens (including phenoxy) is 1. The first-order valence-electron chi connectivity index (χ1n) is 10.3. The average Bonchev–Trinajstić information content (AvgIpc) is 3.06. The number of carbonyl (C=O) groups is 2. The summed E-state index contributed by atoms with van der Waals surface area (Å²) in [4.78, 5) is 27.5. The molecule has 1 unspecified atom stereocenters. The number of methoxy groups -OCH3 is 1. The Morgan fingerprint density at radius 3 is 2.24 bits per heavy atom. The number of aryl methyl sites for hydroxylation is 2.